The summed E-state index contributed by atoms with van der Waals surface area (Å²) < 4.78 is 46.7. The van der Waals surface area contributed by atoms with Crippen molar-refractivity contribution in [2.45, 2.75) is 6.92 Å². The van der Waals surface area contributed by atoms with E-state index < -0.39 is 16.0 Å². The van der Waals surface area contributed by atoms with Crippen LogP contribution in [-0.2, 0) is 10.4 Å². The van der Waals surface area contributed by atoms with Crippen LogP contribution >= 0.6 is 31.9 Å². The van der Waals surface area contributed by atoms with Crippen LogP contribution < -0.4 is 9.81 Å². The van der Waals surface area contributed by atoms with Crippen LogP contribution in [0.3, 0.4) is 0 Å². The number of allylic oxidation sites excluding steroid dienone is 6. The molecule has 2 heterocycles. The van der Waals surface area contributed by atoms with Crippen LogP contribution in [0.1, 0.15) is 17.1 Å². The van der Waals surface area contributed by atoms with Gasteiger partial charge in [-0.3, -0.25) is 4.55 Å². The second kappa shape index (κ2) is 9.87. The summed E-state index contributed by atoms with van der Waals surface area (Å²) in [6.45, 7) is 1.32. The Kier molecular flexibility index (Phi) is 7.81. The second-order valence-corrected chi connectivity index (χ2v) is 7.86. The molecule has 0 unspecified atom stereocenters. The third-order valence-electron chi connectivity index (χ3n) is 3.13. The largest absolute Gasteiger partial charge is 0.463 e. The van der Waals surface area contributed by atoms with Gasteiger partial charge in [0, 0.05) is 6.07 Å². The van der Waals surface area contributed by atoms with Crippen LogP contribution in [-0.4, -0.2) is 13.0 Å². The Morgan fingerprint density at radius 1 is 1.07 bits per heavy atom. The Bertz CT molecular complexity index is 1120. The van der Waals surface area contributed by atoms with Gasteiger partial charge in [-0.15, -0.1) is 0 Å². The van der Waals surface area contributed by atoms with Gasteiger partial charge in [0.15, 0.2) is 5.75 Å². The normalized spacial score (nSPS) is 12.9. The Balaban J connectivity index is 2.00. The van der Waals surface area contributed by atoms with Gasteiger partial charge >= 0.3 is 16.0 Å². The molecule has 0 spiro atoms. The van der Waals surface area contributed by atoms with E-state index in [1.54, 1.807) is 48.8 Å². The lowest BCUT2D eigenvalue weighted by atomic mass is 10.2. The molecular weight excluding hydrogens is 520 g/mol. The number of hydrogen-bond donors (Lipinski definition) is 1. The summed E-state index contributed by atoms with van der Waals surface area (Å²) >= 11 is 6.70. The zero-order valence-electron chi connectivity index (χ0n) is 14.3. The summed E-state index contributed by atoms with van der Waals surface area (Å²) in [5.74, 6) is 0.442. The Morgan fingerprint density at radius 3 is 2.25 bits per heavy atom. The molecule has 0 aromatic carbocycles. The Morgan fingerprint density at radius 2 is 1.68 bits per heavy atom. The molecule has 0 aliphatic rings. The number of furan rings is 1. The molecule has 0 aliphatic carbocycles. The van der Waals surface area contributed by atoms with Crippen molar-refractivity contribution in [2.24, 2.45) is 0 Å². The molecule has 0 atom stereocenters. The first-order valence-electron chi connectivity index (χ1n) is 7.59. The van der Waals surface area contributed by atoms with Crippen LogP contribution in [0.2, 0.25) is 0 Å². The zero-order chi connectivity index (χ0) is 20.7. The van der Waals surface area contributed by atoms with E-state index in [1.807, 2.05) is 0 Å². The van der Waals surface area contributed by atoms with E-state index in [4.69, 9.17) is 13.4 Å². The van der Waals surface area contributed by atoms with E-state index in [0.717, 1.165) is 8.95 Å². The monoisotopic (exact) mass is 532 g/mol. The van der Waals surface area contributed by atoms with Crippen molar-refractivity contribution in [3.8, 4) is 5.75 Å². The first-order valence-corrected chi connectivity index (χ1v) is 10.5. The number of rotatable bonds is 7. The lowest BCUT2D eigenvalue weighted by molar-refractivity contribution is 0.381. The molecule has 2 aromatic rings. The van der Waals surface area contributed by atoms with E-state index in [1.165, 1.54) is 19.1 Å². The molecule has 0 saturated heterocycles. The fourth-order valence-electron chi connectivity index (χ4n) is 1.83. The van der Waals surface area contributed by atoms with Crippen LogP contribution in [0, 0.1) is 6.92 Å². The quantitative estimate of drug-likeness (QED) is 0.390. The van der Waals surface area contributed by atoms with E-state index in [9.17, 15) is 13.2 Å². The average molecular weight is 534 g/mol. The summed E-state index contributed by atoms with van der Waals surface area (Å²) in [5.41, 5.74) is -0.846. The highest BCUT2D eigenvalue weighted by Crippen LogP contribution is 2.29. The topological polar surface area (TPSA) is 107 Å². The first-order chi connectivity index (χ1) is 13.2. The van der Waals surface area contributed by atoms with Gasteiger partial charge in [0.1, 0.15) is 17.8 Å². The van der Waals surface area contributed by atoms with Crippen molar-refractivity contribution in [2.75, 3.05) is 0 Å². The molecule has 10 heteroatoms. The molecule has 0 amide bonds. The van der Waals surface area contributed by atoms with Gasteiger partial charge in [0.25, 0.3) is 0 Å². The fourth-order valence-corrected chi connectivity index (χ4v) is 2.84. The van der Waals surface area contributed by atoms with E-state index in [2.05, 4.69) is 36.0 Å². The highest BCUT2D eigenvalue weighted by Gasteiger charge is 2.14. The summed E-state index contributed by atoms with van der Waals surface area (Å²) in [6, 6.07) is 1.19. The van der Waals surface area contributed by atoms with Gasteiger partial charge in [-0.25, -0.2) is 4.79 Å². The maximum Gasteiger partial charge on any atom is 0.446 e. The smallest absolute Gasteiger partial charge is 0.446 e. The van der Waals surface area contributed by atoms with Crippen molar-refractivity contribution in [3.05, 3.63) is 85.2 Å². The average Bonchev–Trinajstić information content (AvgIpc) is 2.92. The molecular formula is C18H14Br2O7S. The van der Waals surface area contributed by atoms with E-state index >= 15 is 0 Å². The van der Waals surface area contributed by atoms with Crippen LogP contribution in [0.5, 0.6) is 5.75 Å². The highest BCUT2D eigenvalue weighted by atomic mass is 79.9. The Hall–Kier alpha value is -2.14. The van der Waals surface area contributed by atoms with Crippen LogP contribution in [0.15, 0.2) is 71.4 Å². The SMILES string of the molecule is Cc1c(OS(=O)(=O)O)cc(/C=C/C=C/C=C/C=C/c2occ(Br)c2Br)oc1=O. The zero-order valence-corrected chi connectivity index (χ0v) is 18.3. The van der Waals surface area contributed by atoms with Gasteiger partial charge in [-0.2, -0.15) is 8.42 Å². The van der Waals surface area contributed by atoms with Gasteiger partial charge < -0.3 is 13.0 Å². The molecule has 0 bridgehead atoms. The molecule has 7 nitrogen and oxygen atoms in total. The standard InChI is InChI=1S/C18H14Br2O7S/c1-12-16(27-28(22,23)24)10-13(26-18(12)21)8-6-4-2-3-5-7-9-15-17(20)14(19)11-25-15/h2-11H,1H3,(H,22,23,24)/b4-2+,5-3+,8-6+,9-7+. The maximum absolute atomic E-state index is 11.7. The number of hydrogen-bond acceptors (Lipinski definition) is 6. The van der Waals surface area contributed by atoms with Gasteiger partial charge in [-0.1, -0.05) is 36.5 Å². The molecule has 0 saturated carbocycles. The molecule has 2 aromatic heterocycles. The molecule has 2 rings (SSSR count). The van der Waals surface area contributed by atoms with E-state index in [-0.39, 0.29) is 17.1 Å². The van der Waals surface area contributed by atoms with Gasteiger partial charge in [0.05, 0.1) is 14.5 Å². The lowest BCUT2D eigenvalue weighted by Crippen LogP contribution is -2.12. The first kappa shape index (κ1) is 22.2. The maximum atomic E-state index is 11.7. The van der Waals surface area contributed by atoms with Crippen molar-refractivity contribution in [1.82, 2.24) is 0 Å². The molecule has 148 valence electrons. The Labute approximate surface area is 177 Å². The molecule has 0 aliphatic heterocycles. The molecule has 0 fully saturated rings. The minimum absolute atomic E-state index is 0.0658. The summed E-state index contributed by atoms with van der Waals surface area (Å²) in [4.78, 5) is 11.7. The predicted octanol–water partition coefficient (Wildman–Crippen LogP) is 5.09. The minimum atomic E-state index is -4.74. The van der Waals surface area contributed by atoms with Crippen molar-refractivity contribution in [3.63, 3.8) is 0 Å². The third-order valence-corrected chi connectivity index (χ3v) is 5.46. The summed E-state index contributed by atoms with van der Waals surface area (Å²) in [5, 5.41) is 0. The molecule has 1 N–H and O–H groups in total. The van der Waals surface area contributed by atoms with Crippen molar-refractivity contribution < 1.29 is 26.0 Å². The van der Waals surface area contributed by atoms with Crippen molar-refractivity contribution >= 4 is 54.4 Å². The summed E-state index contributed by atoms with van der Waals surface area (Å²) in [6.07, 6.45) is 15.1. The van der Waals surface area contributed by atoms with Crippen LogP contribution in [0.4, 0.5) is 0 Å². The van der Waals surface area contributed by atoms with E-state index in [0.29, 0.717) is 5.76 Å². The van der Waals surface area contributed by atoms with Gasteiger partial charge in [-0.05, 0) is 50.9 Å². The summed E-state index contributed by atoms with van der Waals surface area (Å²) in [7, 11) is -4.74. The minimum Gasteiger partial charge on any atom is -0.463 e. The number of halogens is 2. The van der Waals surface area contributed by atoms with Crippen LogP contribution in [0.25, 0.3) is 12.2 Å². The molecule has 0 radical (unpaired) electrons. The second-order valence-electron chi connectivity index (χ2n) is 5.19. The lowest BCUT2D eigenvalue weighted by Gasteiger charge is -2.04. The highest BCUT2D eigenvalue weighted by molar-refractivity contribution is 9.13. The van der Waals surface area contributed by atoms with Crippen molar-refractivity contribution in [1.29, 1.82) is 0 Å². The fraction of sp³-hybridized carbons (Fsp3) is 0.0556. The van der Waals surface area contributed by atoms with Gasteiger partial charge in [0.2, 0.25) is 0 Å². The molecule has 28 heavy (non-hydrogen) atoms. The predicted molar refractivity (Wildman–Crippen MR) is 112 cm³/mol. The third kappa shape index (κ3) is 6.79.